The van der Waals surface area contributed by atoms with E-state index in [0.29, 0.717) is 26.4 Å². The van der Waals surface area contributed by atoms with Crippen molar-refractivity contribution in [2.24, 2.45) is 0 Å². The first-order valence-electron chi connectivity index (χ1n) is 7.55. The molecule has 118 valence electrons. The van der Waals surface area contributed by atoms with Gasteiger partial charge in [-0.2, -0.15) is 0 Å². The first-order chi connectivity index (χ1) is 10.3. The maximum atomic E-state index is 5.70. The molecule has 1 N–H and O–H groups in total. The summed E-state index contributed by atoms with van der Waals surface area (Å²) in [6.45, 7) is 6.60. The fourth-order valence-electron chi connectivity index (χ4n) is 2.49. The summed E-state index contributed by atoms with van der Waals surface area (Å²) >= 11 is 0. The second-order valence-electron chi connectivity index (χ2n) is 4.84. The molecule has 0 saturated carbocycles. The highest BCUT2D eigenvalue weighted by molar-refractivity contribution is 5.43. The van der Waals surface area contributed by atoms with Crippen LogP contribution in [-0.4, -0.2) is 39.8 Å². The van der Waals surface area contributed by atoms with Gasteiger partial charge in [0.1, 0.15) is 11.5 Å². The van der Waals surface area contributed by atoms with Crippen molar-refractivity contribution in [3.05, 3.63) is 23.8 Å². The highest BCUT2D eigenvalue weighted by Gasteiger charge is 2.23. The van der Waals surface area contributed by atoms with Crippen LogP contribution in [0.2, 0.25) is 0 Å². The van der Waals surface area contributed by atoms with Crippen LogP contribution in [0.5, 0.6) is 11.5 Å². The van der Waals surface area contributed by atoms with Crippen molar-refractivity contribution in [3.63, 3.8) is 0 Å². The normalized spacial score (nSPS) is 17.4. The molecular formula is C16H25NO4. The molecule has 0 saturated heterocycles. The molecule has 0 spiro atoms. The van der Waals surface area contributed by atoms with Gasteiger partial charge in [-0.05, 0) is 32.0 Å². The number of hydrogen-bond acceptors (Lipinski definition) is 5. The highest BCUT2D eigenvalue weighted by atomic mass is 16.7. The van der Waals surface area contributed by atoms with Crippen molar-refractivity contribution in [3.8, 4) is 11.5 Å². The van der Waals surface area contributed by atoms with Gasteiger partial charge < -0.3 is 24.3 Å². The van der Waals surface area contributed by atoms with Crippen molar-refractivity contribution in [1.82, 2.24) is 5.32 Å². The van der Waals surface area contributed by atoms with Crippen molar-refractivity contribution >= 4 is 0 Å². The van der Waals surface area contributed by atoms with Crippen molar-refractivity contribution in [2.45, 2.75) is 32.6 Å². The van der Waals surface area contributed by atoms with E-state index in [4.69, 9.17) is 18.9 Å². The van der Waals surface area contributed by atoms with Crippen LogP contribution in [0, 0.1) is 0 Å². The van der Waals surface area contributed by atoms with Crippen LogP contribution in [0.4, 0.5) is 0 Å². The van der Waals surface area contributed by atoms with E-state index >= 15 is 0 Å². The summed E-state index contributed by atoms with van der Waals surface area (Å²) in [6, 6.07) is 6.14. The number of rotatable bonds is 8. The van der Waals surface area contributed by atoms with Gasteiger partial charge in [-0.3, -0.25) is 0 Å². The molecule has 1 aromatic rings. The topological polar surface area (TPSA) is 49.0 Å². The maximum absolute atomic E-state index is 5.70. The Bertz CT molecular complexity index is 432. The number of fused-ring (bicyclic) bond motifs is 1. The Morgan fingerprint density at radius 2 is 2.05 bits per heavy atom. The lowest BCUT2D eigenvalue weighted by Crippen LogP contribution is -2.36. The lowest BCUT2D eigenvalue weighted by atomic mass is 10.00. The molecule has 5 heteroatoms. The van der Waals surface area contributed by atoms with Gasteiger partial charge in [0, 0.05) is 37.8 Å². The molecule has 0 aliphatic carbocycles. The van der Waals surface area contributed by atoms with Gasteiger partial charge in [0.15, 0.2) is 6.29 Å². The lowest BCUT2D eigenvalue weighted by Gasteiger charge is -2.28. The Hall–Kier alpha value is -1.30. The van der Waals surface area contributed by atoms with Crippen molar-refractivity contribution < 1.29 is 18.9 Å². The third-order valence-electron chi connectivity index (χ3n) is 3.49. The Balaban J connectivity index is 2.01. The predicted molar refractivity (Wildman–Crippen MR) is 80.9 cm³/mol. The van der Waals surface area contributed by atoms with Gasteiger partial charge in [0.2, 0.25) is 0 Å². The van der Waals surface area contributed by atoms with E-state index in [2.05, 4.69) is 5.32 Å². The molecule has 0 radical (unpaired) electrons. The molecule has 5 nitrogen and oxygen atoms in total. The number of benzene rings is 1. The maximum Gasteiger partial charge on any atom is 0.169 e. The summed E-state index contributed by atoms with van der Waals surface area (Å²) in [6.07, 6.45) is 0.711. The van der Waals surface area contributed by atoms with E-state index in [1.165, 1.54) is 0 Å². The lowest BCUT2D eigenvalue weighted by molar-refractivity contribution is -0.134. The van der Waals surface area contributed by atoms with E-state index in [0.717, 1.165) is 23.5 Å². The molecule has 2 rings (SSSR count). The molecule has 0 aromatic heterocycles. The molecule has 1 unspecified atom stereocenters. The second kappa shape index (κ2) is 8.22. The van der Waals surface area contributed by atoms with Crippen molar-refractivity contribution in [2.75, 3.05) is 33.5 Å². The van der Waals surface area contributed by atoms with Crippen LogP contribution in [0.15, 0.2) is 18.2 Å². The highest BCUT2D eigenvalue weighted by Crippen LogP contribution is 2.34. The summed E-state index contributed by atoms with van der Waals surface area (Å²) in [5.41, 5.74) is 1.13. The Kier molecular flexibility index (Phi) is 6.29. The number of hydrogen-bond donors (Lipinski definition) is 1. The van der Waals surface area contributed by atoms with E-state index in [1.807, 2.05) is 32.0 Å². The smallest absolute Gasteiger partial charge is 0.169 e. The second-order valence-corrected chi connectivity index (χ2v) is 4.84. The fourth-order valence-corrected chi connectivity index (χ4v) is 2.49. The van der Waals surface area contributed by atoms with Gasteiger partial charge in [0.05, 0.1) is 13.7 Å². The molecule has 0 fully saturated rings. The average molecular weight is 295 g/mol. The standard InChI is InChI=1S/C16H25NO4/c1-4-19-16(20-5-2)11-17-14-8-9-21-15-7-6-12(18-3)10-13(14)15/h6-7,10,14,16-17H,4-5,8-9,11H2,1-3H3. The molecule has 1 heterocycles. The molecule has 1 aliphatic heterocycles. The van der Waals surface area contributed by atoms with Crippen LogP contribution >= 0.6 is 0 Å². The minimum Gasteiger partial charge on any atom is -0.497 e. The molecule has 1 aliphatic rings. The largest absolute Gasteiger partial charge is 0.497 e. The van der Waals surface area contributed by atoms with Crippen LogP contribution in [0.1, 0.15) is 31.9 Å². The molecule has 21 heavy (non-hydrogen) atoms. The molecule has 1 aromatic carbocycles. The van der Waals surface area contributed by atoms with E-state index < -0.39 is 0 Å². The Labute approximate surface area is 126 Å². The third-order valence-corrected chi connectivity index (χ3v) is 3.49. The summed E-state index contributed by atoms with van der Waals surface area (Å²) in [7, 11) is 1.67. The van der Waals surface area contributed by atoms with Gasteiger partial charge in [-0.1, -0.05) is 0 Å². The van der Waals surface area contributed by atoms with E-state index in [1.54, 1.807) is 7.11 Å². The first kappa shape index (κ1) is 16.1. The third kappa shape index (κ3) is 4.33. The SMILES string of the molecule is CCOC(CNC1CCOc2ccc(OC)cc21)OCC. The van der Waals surface area contributed by atoms with E-state index in [-0.39, 0.29) is 12.3 Å². The Morgan fingerprint density at radius 1 is 1.29 bits per heavy atom. The monoisotopic (exact) mass is 295 g/mol. The van der Waals surface area contributed by atoms with Gasteiger partial charge in [0.25, 0.3) is 0 Å². The van der Waals surface area contributed by atoms with Gasteiger partial charge in [-0.15, -0.1) is 0 Å². The summed E-state index contributed by atoms with van der Waals surface area (Å²) in [5, 5.41) is 3.51. The van der Waals surface area contributed by atoms with Crippen LogP contribution < -0.4 is 14.8 Å². The predicted octanol–water partition coefficient (Wildman–Crippen LogP) is 2.51. The zero-order valence-electron chi connectivity index (χ0n) is 13.1. The average Bonchev–Trinajstić information content (AvgIpc) is 2.52. The Morgan fingerprint density at radius 3 is 2.71 bits per heavy atom. The molecular weight excluding hydrogens is 270 g/mol. The zero-order valence-corrected chi connectivity index (χ0v) is 13.1. The van der Waals surface area contributed by atoms with E-state index in [9.17, 15) is 0 Å². The fraction of sp³-hybridized carbons (Fsp3) is 0.625. The number of ether oxygens (including phenoxy) is 4. The van der Waals surface area contributed by atoms with Crippen LogP contribution in [0.25, 0.3) is 0 Å². The van der Waals surface area contributed by atoms with Gasteiger partial charge >= 0.3 is 0 Å². The minimum atomic E-state index is -0.211. The van der Waals surface area contributed by atoms with Crippen LogP contribution in [0.3, 0.4) is 0 Å². The van der Waals surface area contributed by atoms with Crippen LogP contribution in [-0.2, 0) is 9.47 Å². The summed E-state index contributed by atoms with van der Waals surface area (Å²) in [5.74, 6) is 1.76. The first-order valence-corrected chi connectivity index (χ1v) is 7.55. The number of methoxy groups -OCH3 is 1. The zero-order chi connectivity index (χ0) is 15.1. The summed E-state index contributed by atoms with van der Waals surface area (Å²) < 4.78 is 22.1. The summed E-state index contributed by atoms with van der Waals surface area (Å²) in [4.78, 5) is 0. The molecule has 1 atom stereocenters. The van der Waals surface area contributed by atoms with Crippen molar-refractivity contribution in [1.29, 1.82) is 0 Å². The molecule has 0 amide bonds. The van der Waals surface area contributed by atoms with Gasteiger partial charge in [-0.25, -0.2) is 0 Å². The number of nitrogens with one attached hydrogen (secondary N) is 1. The quantitative estimate of drug-likeness (QED) is 0.747. The molecule has 0 bridgehead atoms. The minimum absolute atomic E-state index is 0.211.